The van der Waals surface area contributed by atoms with Crippen molar-refractivity contribution >= 4 is 23.5 Å². The zero-order chi connectivity index (χ0) is 18.5. The van der Waals surface area contributed by atoms with Crippen LogP contribution in [0.5, 0.6) is 0 Å². The maximum absolute atomic E-state index is 12.1. The molecule has 0 unspecified atom stereocenters. The van der Waals surface area contributed by atoms with Crippen LogP contribution in [-0.2, 0) is 11.3 Å². The van der Waals surface area contributed by atoms with Crippen molar-refractivity contribution in [3.63, 3.8) is 0 Å². The van der Waals surface area contributed by atoms with E-state index in [0.29, 0.717) is 10.7 Å². The van der Waals surface area contributed by atoms with E-state index in [2.05, 4.69) is 10.4 Å². The van der Waals surface area contributed by atoms with E-state index < -0.39 is 6.09 Å². The molecule has 26 heavy (non-hydrogen) atoms. The third-order valence-corrected chi connectivity index (χ3v) is 4.13. The molecule has 0 saturated carbocycles. The monoisotopic (exact) mass is 366 g/mol. The lowest BCUT2D eigenvalue weighted by Gasteiger charge is -2.11. The zero-order valence-corrected chi connectivity index (χ0v) is 14.7. The number of halogens is 1. The predicted octanol–water partition coefficient (Wildman–Crippen LogP) is 4.45. The number of ether oxygens (including phenoxy) is 1. The summed E-state index contributed by atoms with van der Waals surface area (Å²) < 4.78 is 6.65. The minimum atomic E-state index is -0.676. The van der Waals surface area contributed by atoms with Gasteiger partial charge in [0, 0.05) is 5.02 Å². The van der Waals surface area contributed by atoms with Crippen LogP contribution < -0.4 is 5.32 Å². The number of benzene rings is 2. The quantitative estimate of drug-likeness (QED) is 0.739. The van der Waals surface area contributed by atoms with E-state index in [9.17, 15) is 10.1 Å². The summed E-state index contributed by atoms with van der Waals surface area (Å²) in [5, 5.41) is 16.6. The summed E-state index contributed by atoms with van der Waals surface area (Å²) in [7, 11) is 0. The number of rotatable bonds is 4. The third-order valence-electron chi connectivity index (χ3n) is 3.72. The highest BCUT2D eigenvalue weighted by molar-refractivity contribution is 6.31. The van der Waals surface area contributed by atoms with Gasteiger partial charge in [0.15, 0.2) is 5.82 Å². The molecule has 0 bridgehead atoms. The number of aromatic nitrogens is 2. The van der Waals surface area contributed by atoms with Crippen LogP contribution >= 0.6 is 11.6 Å². The van der Waals surface area contributed by atoms with Crippen LogP contribution in [0.15, 0.2) is 54.7 Å². The molecule has 0 aliphatic rings. The Morgan fingerprint density at radius 3 is 2.77 bits per heavy atom. The van der Waals surface area contributed by atoms with E-state index in [0.717, 1.165) is 11.1 Å². The van der Waals surface area contributed by atoms with E-state index in [4.69, 9.17) is 16.3 Å². The van der Waals surface area contributed by atoms with Crippen LogP contribution in [-0.4, -0.2) is 15.9 Å². The molecule has 1 N–H and O–H groups in total. The molecular formula is C19H15ClN4O2. The summed E-state index contributed by atoms with van der Waals surface area (Å²) in [5.74, 6) is 0.227. The van der Waals surface area contributed by atoms with E-state index in [-0.39, 0.29) is 18.0 Å². The Labute approximate surface area is 155 Å². The molecule has 0 radical (unpaired) electrons. The number of nitrogens with zero attached hydrogens (tertiary/aromatic N) is 3. The fraction of sp³-hybridized carbons (Fsp3) is 0.105. The van der Waals surface area contributed by atoms with Gasteiger partial charge in [-0.1, -0.05) is 48.0 Å². The maximum Gasteiger partial charge on any atom is 0.413 e. The number of aryl methyl sites for hydroxylation is 1. The summed E-state index contributed by atoms with van der Waals surface area (Å²) >= 11 is 6.16. The highest BCUT2D eigenvalue weighted by Gasteiger charge is 2.16. The van der Waals surface area contributed by atoms with Crippen molar-refractivity contribution in [1.82, 2.24) is 9.78 Å². The number of nitriles is 1. The Morgan fingerprint density at radius 2 is 2.08 bits per heavy atom. The van der Waals surface area contributed by atoms with E-state index >= 15 is 0 Å². The maximum atomic E-state index is 12.1. The minimum absolute atomic E-state index is 0.124. The van der Waals surface area contributed by atoms with Gasteiger partial charge in [0.25, 0.3) is 0 Å². The van der Waals surface area contributed by atoms with E-state index in [1.807, 2.05) is 49.4 Å². The average Bonchev–Trinajstić information content (AvgIpc) is 3.05. The molecule has 1 aromatic heterocycles. The summed E-state index contributed by atoms with van der Waals surface area (Å²) in [6, 6.07) is 16.7. The molecule has 7 heteroatoms. The van der Waals surface area contributed by atoms with Crippen LogP contribution in [0.1, 0.15) is 16.7 Å². The fourth-order valence-electron chi connectivity index (χ4n) is 2.32. The lowest BCUT2D eigenvalue weighted by atomic mass is 10.2. The van der Waals surface area contributed by atoms with Crippen molar-refractivity contribution in [1.29, 1.82) is 5.26 Å². The van der Waals surface area contributed by atoms with E-state index in [1.165, 1.54) is 10.9 Å². The summed E-state index contributed by atoms with van der Waals surface area (Å²) in [4.78, 5) is 12.1. The lowest BCUT2D eigenvalue weighted by Crippen LogP contribution is -2.17. The average molecular weight is 367 g/mol. The summed E-state index contributed by atoms with van der Waals surface area (Å²) in [6.45, 7) is 2.01. The van der Waals surface area contributed by atoms with Gasteiger partial charge >= 0.3 is 6.09 Å². The first kappa shape index (κ1) is 17.5. The van der Waals surface area contributed by atoms with Crippen molar-refractivity contribution < 1.29 is 9.53 Å². The van der Waals surface area contributed by atoms with Gasteiger partial charge in [-0.3, -0.25) is 5.32 Å². The molecule has 6 nitrogen and oxygen atoms in total. The fourth-order valence-corrected chi connectivity index (χ4v) is 2.49. The van der Waals surface area contributed by atoms with Crippen molar-refractivity contribution in [2.75, 3.05) is 5.32 Å². The Balaban J connectivity index is 1.80. The Kier molecular flexibility index (Phi) is 5.20. The Bertz CT molecular complexity index is 977. The van der Waals surface area contributed by atoms with Crippen LogP contribution in [0.2, 0.25) is 5.02 Å². The van der Waals surface area contributed by atoms with Gasteiger partial charge in [0.2, 0.25) is 0 Å². The van der Waals surface area contributed by atoms with Crippen LogP contribution in [0, 0.1) is 18.3 Å². The molecular weight excluding hydrogens is 352 g/mol. The molecule has 0 atom stereocenters. The SMILES string of the molecule is Cc1ccc(-n2ncc(C#N)c2NC(=O)OCc2ccccc2)cc1Cl. The van der Waals surface area contributed by atoms with Gasteiger partial charge in [-0.25, -0.2) is 9.48 Å². The topological polar surface area (TPSA) is 79.9 Å². The molecule has 1 heterocycles. The summed E-state index contributed by atoms with van der Waals surface area (Å²) in [6.07, 6.45) is 0.700. The molecule has 130 valence electrons. The zero-order valence-electron chi connectivity index (χ0n) is 13.9. The lowest BCUT2D eigenvalue weighted by molar-refractivity contribution is 0.155. The molecule has 1 amide bonds. The molecule has 0 aliphatic heterocycles. The van der Waals surface area contributed by atoms with Gasteiger partial charge in [-0.15, -0.1) is 0 Å². The number of amides is 1. The first-order valence-electron chi connectivity index (χ1n) is 7.81. The Morgan fingerprint density at radius 1 is 1.31 bits per heavy atom. The summed E-state index contributed by atoms with van der Waals surface area (Å²) in [5.41, 5.74) is 2.63. The molecule has 2 aromatic carbocycles. The number of carbonyl (C=O) groups is 1. The minimum Gasteiger partial charge on any atom is -0.444 e. The molecule has 3 aromatic rings. The van der Waals surface area contributed by atoms with Gasteiger partial charge < -0.3 is 4.74 Å². The standard InChI is InChI=1S/C19H15ClN4O2/c1-13-7-8-16(9-17(13)20)24-18(15(10-21)11-22-24)23-19(25)26-12-14-5-3-2-4-6-14/h2-9,11H,12H2,1H3,(H,23,25). The third kappa shape index (κ3) is 3.85. The van der Waals surface area contributed by atoms with Gasteiger partial charge in [0.1, 0.15) is 18.2 Å². The normalized spacial score (nSPS) is 10.2. The van der Waals surface area contributed by atoms with Crippen molar-refractivity contribution in [3.05, 3.63) is 76.4 Å². The van der Waals surface area contributed by atoms with Crippen molar-refractivity contribution in [2.45, 2.75) is 13.5 Å². The second kappa shape index (κ2) is 7.72. The highest BCUT2D eigenvalue weighted by Crippen LogP contribution is 2.24. The van der Waals surface area contributed by atoms with Crippen molar-refractivity contribution in [2.24, 2.45) is 0 Å². The van der Waals surface area contributed by atoms with Gasteiger partial charge in [-0.2, -0.15) is 10.4 Å². The molecule has 3 rings (SSSR count). The molecule has 0 aliphatic carbocycles. The van der Waals surface area contributed by atoms with Crippen LogP contribution in [0.3, 0.4) is 0 Å². The number of nitrogens with one attached hydrogen (secondary N) is 1. The Hall–Kier alpha value is -3.30. The number of anilines is 1. The van der Waals surface area contributed by atoms with E-state index in [1.54, 1.807) is 12.1 Å². The molecule has 0 spiro atoms. The first-order chi connectivity index (χ1) is 12.6. The van der Waals surface area contributed by atoms with Gasteiger partial charge in [0.05, 0.1) is 11.9 Å². The van der Waals surface area contributed by atoms with Crippen molar-refractivity contribution in [3.8, 4) is 11.8 Å². The second-order valence-corrected chi connectivity index (χ2v) is 5.96. The smallest absolute Gasteiger partial charge is 0.413 e. The van der Waals surface area contributed by atoms with Crippen LogP contribution in [0.4, 0.5) is 10.6 Å². The van der Waals surface area contributed by atoms with Crippen LogP contribution in [0.25, 0.3) is 5.69 Å². The van der Waals surface area contributed by atoms with Gasteiger partial charge in [-0.05, 0) is 30.2 Å². The first-order valence-corrected chi connectivity index (χ1v) is 8.18. The second-order valence-electron chi connectivity index (χ2n) is 5.55. The number of hydrogen-bond donors (Lipinski definition) is 1. The predicted molar refractivity (Wildman–Crippen MR) is 98.3 cm³/mol. The highest BCUT2D eigenvalue weighted by atomic mass is 35.5. The number of carbonyl (C=O) groups excluding carboxylic acids is 1. The number of hydrogen-bond acceptors (Lipinski definition) is 4. The molecule has 0 saturated heterocycles. The largest absolute Gasteiger partial charge is 0.444 e. The molecule has 0 fully saturated rings.